The van der Waals surface area contributed by atoms with Gasteiger partial charge in [-0.1, -0.05) is 60.7 Å². The number of nitrogens with one attached hydrogen (secondary N) is 2. The van der Waals surface area contributed by atoms with E-state index in [1.807, 2.05) is 60.7 Å². The summed E-state index contributed by atoms with van der Waals surface area (Å²) in [6.07, 6.45) is 1.31. The quantitative estimate of drug-likeness (QED) is 0.233. The SMILES string of the molecule is CCOC(=O)[C@H](CCc1ccccc1)N[C@H](C)C(=O)N1[C@H](C(=O)OCC)C[C@H]2CCN(C(=O)CNC(=O)OCc3ccccc3)C[C@@H]21. The number of fused-ring (bicyclic) bond motifs is 1. The van der Waals surface area contributed by atoms with E-state index in [4.69, 9.17) is 14.2 Å². The maximum absolute atomic E-state index is 14.1. The van der Waals surface area contributed by atoms with Crippen molar-refractivity contribution in [3.63, 3.8) is 0 Å². The van der Waals surface area contributed by atoms with Crippen LogP contribution in [0.4, 0.5) is 4.79 Å². The fourth-order valence-electron chi connectivity index (χ4n) is 6.29. The van der Waals surface area contributed by atoms with Gasteiger partial charge in [-0.05, 0) is 63.5 Å². The van der Waals surface area contributed by atoms with Crippen LogP contribution in [0.25, 0.3) is 0 Å². The van der Waals surface area contributed by atoms with Crippen molar-refractivity contribution in [1.29, 1.82) is 0 Å². The number of nitrogens with zero attached hydrogens (tertiary/aromatic N) is 2. The van der Waals surface area contributed by atoms with Crippen molar-refractivity contribution in [1.82, 2.24) is 20.4 Å². The molecule has 0 unspecified atom stereocenters. The van der Waals surface area contributed by atoms with Crippen LogP contribution >= 0.6 is 0 Å². The highest BCUT2D eigenvalue weighted by atomic mass is 16.5. The third-order valence-corrected chi connectivity index (χ3v) is 8.66. The minimum absolute atomic E-state index is 0.0210. The molecule has 4 rings (SSSR count). The first-order chi connectivity index (χ1) is 22.7. The van der Waals surface area contributed by atoms with E-state index in [0.717, 1.165) is 11.1 Å². The van der Waals surface area contributed by atoms with E-state index in [0.29, 0.717) is 32.2 Å². The maximum atomic E-state index is 14.1. The maximum Gasteiger partial charge on any atom is 0.407 e. The van der Waals surface area contributed by atoms with Crippen molar-refractivity contribution in [3.05, 3.63) is 71.8 Å². The van der Waals surface area contributed by atoms with Crippen LogP contribution in [-0.2, 0) is 46.4 Å². The molecule has 2 aliphatic rings. The summed E-state index contributed by atoms with van der Waals surface area (Å²) in [6.45, 7) is 5.93. The van der Waals surface area contributed by atoms with Gasteiger partial charge in [0, 0.05) is 13.1 Å². The Morgan fingerprint density at radius 2 is 1.55 bits per heavy atom. The third kappa shape index (κ3) is 9.77. The first kappa shape index (κ1) is 35.4. The van der Waals surface area contributed by atoms with Gasteiger partial charge < -0.3 is 29.3 Å². The van der Waals surface area contributed by atoms with Crippen molar-refractivity contribution in [2.75, 3.05) is 32.8 Å². The molecule has 5 atom stereocenters. The third-order valence-electron chi connectivity index (χ3n) is 8.66. The Labute approximate surface area is 276 Å². The molecular weight excluding hydrogens is 604 g/mol. The number of likely N-dealkylation sites (tertiary alicyclic amines) is 2. The predicted molar refractivity (Wildman–Crippen MR) is 173 cm³/mol. The molecule has 2 aromatic carbocycles. The van der Waals surface area contributed by atoms with Crippen LogP contribution < -0.4 is 10.6 Å². The molecule has 2 aromatic rings. The van der Waals surface area contributed by atoms with E-state index in [9.17, 15) is 24.0 Å². The van der Waals surface area contributed by atoms with Crippen LogP contribution in [0, 0.1) is 5.92 Å². The highest BCUT2D eigenvalue weighted by Crippen LogP contribution is 2.37. The average molecular weight is 651 g/mol. The number of ether oxygens (including phenoxy) is 3. The van der Waals surface area contributed by atoms with Gasteiger partial charge in [-0.15, -0.1) is 0 Å². The summed E-state index contributed by atoms with van der Waals surface area (Å²) in [5.74, 6) is -1.64. The van der Waals surface area contributed by atoms with E-state index in [2.05, 4.69) is 10.6 Å². The molecule has 0 spiro atoms. The zero-order chi connectivity index (χ0) is 33.8. The number of rotatable bonds is 14. The number of piperidine rings is 1. The van der Waals surface area contributed by atoms with Gasteiger partial charge >= 0.3 is 18.0 Å². The molecule has 2 fully saturated rings. The normalized spacial score (nSPS) is 20.0. The van der Waals surface area contributed by atoms with Crippen LogP contribution in [-0.4, -0.2) is 96.7 Å². The zero-order valence-electron chi connectivity index (χ0n) is 27.4. The molecule has 47 heavy (non-hydrogen) atoms. The van der Waals surface area contributed by atoms with E-state index in [1.165, 1.54) is 0 Å². The summed E-state index contributed by atoms with van der Waals surface area (Å²) in [5.41, 5.74) is 1.88. The number of hydrogen-bond donors (Lipinski definition) is 2. The highest BCUT2D eigenvalue weighted by Gasteiger charge is 2.51. The lowest BCUT2D eigenvalue weighted by atomic mass is 9.91. The Hall–Kier alpha value is -4.45. The summed E-state index contributed by atoms with van der Waals surface area (Å²) in [5, 5.41) is 5.68. The van der Waals surface area contributed by atoms with Crippen LogP contribution in [0.15, 0.2) is 60.7 Å². The smallest absolute Gasteiger partial charge is 0.407 e. The number of amides is 3. The van der Waals surface area contributed by atoms with Crippen LogP contribution in [0.1, 0.15) is 51.2 Å². The number of carbonyl (C=O) groups is 5. The fourth-order valence-corrected chi connectivity index (χ4v) is 6.29. The highest BCUT2D eigenvalue weighted by molar-refractivity contribution is 5.89. The molecule has 12 heteroatoms. The van der Waals surface area contributed by atoms with E-state index in [1.54, 1.807) is 30.6 Å². The number of hydrogen-bond acceptors (Lipinski definition) is 9. The average Bonchev–Trinajstić information content (AvgIpc) is 3.47. The van der Waals surface area contributed by atoms with Gasteiger partial charge in [0.15, 0.2) is 0 Å². The lowest BCUT2D eigenvalue weighted by molar-refractivity contribution is -0.156. The van der Waals surface area contributed by atoms with Crippen molar-refractivity contribution < 1.29 is 38.2 Å². The largest absolute Gasteiger partial charge is 0.465 e. The Morgan fingerprint density at radius 1 is 0.894 bits per heavy atom. The van der Waals surface area contributed by atoms with Crippen LogP contribution in [0.2, 0.25) is 0 Å². The number of carbonyl (C=O) groups excluding carboxylic acids is 5. The molecular formula is C35H46N4O8. The molecule has 2 N–H and O–H groups in total. The van der Waals surface area contributed by atoms with Gasteiger partial charge in [-0.3, -0.25) is 19.7 Å². The molecule has 0 aliphatic carbocycles. The van der Waals surface area contributed by atoms with Crippen molar-refractivity contribution >= 4 is 29.8 Å². The number of esters is 2. The summed E-state index contributed by atoms with van der Waals surface area (Å²) in [6, 6.07) is 16.1. The monoisotopic (exact) mass is 650 g/mol. The van der Waals surface area contributed by atoms with Gasteiger partial charge in [-0.2, -0.15) is 0 Å². The molecule has 0 bridgehead atoms. The summed E-state index contributed by atoms with van der Waals surface area (Å²) < 4.78 is 15.9. The summed E-state index contributed by atoms with van der Waals surface area (Å²) >= 11 is 0. The van der Waals surface area contributed by atoms with Crippen LogP contribution in [0.3, 0.4) is 0 Å². The predicted octanol–water partition coefficient (Wildman–Crippen LogP) is 2.84. The summed E-state index contributed by atoms with van der Waals surface area (Å²) in [7, 11) is 0. The van der Waals surface area contributed by atoms with E-state index >= 15 is 0 Å². The van der Waals surface area contributed by atoms with Gasteiger partial charge in [0.2, 0.25) is 11.8 Å². The van der Waals surface area contributed by atoms with Crippen molar-refractivity contribution in [2.45, 2.75) is 77.2 Å². The van der Waals surface area contributed by atoms with Gasteiger partial charge in [0.05, 0.1) is 25.3 Å². The van der Waals surface area contributed by atoms with Crippen molar-refractivity contribution in [3.8, 4) is 0 Å². The van der Waals surface area contributed by atoms with E-state index in [-0.39, 0.29) is 50.6 Å². The molecule has 0 saturated carbocycles. The zero-order valence-corrected chi connectivity index (χ0v) is 27.4. The number of aryl methyl sites for hydroxylation is 1. The lowest BCUT2D eigenvalue weighted by Crippen LogP contribution is -2.59. The molecule has 0 radical (unpaired) electrons. The Bertz CT molecular complexity index is 1360. The molecule has 2 saturated heterocycles. The van der Waals surface area contributed by atoms with Gasteiger partial charge in [0.1, 0.15) is 25.2 Å². The van der Waals surface area contributed by atoms with Gasteiger partial charge in [0.25, 0.3) is 0 Å². The molecule has 12 nitrogen and oxygen atoms in total. The standard InChI is InChI=1S/C35H46N4O8/c1-4-45-33(42)28(17-16-25-12-8-6-9-13-25)37-24(3)32(41)39-29(34(43)46-5-2)20-27-18-19-38(22-30(27)39)31(40)21-36-35(44)47-23-26-14-10-7-11-15-26/h6-15,24,27-30,37H,4-5,16-23H2,1-3H3,(H,36,44)/t24-,27-,28+,29+,30+/m1/s1. The second-order valence-corrected chi connectivity index (χ2v) is 11.8. The fraction of sp³-hybridized carbons (Fsp3) is 0.514. The first-order valence-corrected chi connectivity index (χ1v) is 16.4. The summed E-state index contributed by atoms with van der Waals surface area (Å²) in [4.78, 5) is 68.7. The number of benzene rings is 2. The molecule has 2 heterocycles. The Morgan fingerprint density at radius 3 is 2.21 bits per heavy atom. The minimum atomic E-state index is -0.831. The second-order valence-electron chi connectivity index (χ2n) is 11.8. The molecule has 254 valence electrons. The van der Waals surface area contributed by atoms with E-state index < -0.39 is 42.2 Å². The topological polar surface area (TPSA) is 144 Å². The lowest BCUT2D eigenvalue weighted by Gasteiger charge is -2.40. The first-order valence-electron chi connectivity index (χ1n) is 16.4. The minimum Gasteiger partial charge on any atom is -0.465 e. The Kier molecular flexibility index (Phi) is 13.2. The molecule has 3 amide bonds. The Balaban J connectivity index is 1.41. The number of alkyl carbamates (subject to hydrolysis) is 1. The second kappa shape index (κ2) is 17.5. The van der Waals surface area contributed by atoms with Gasteiger partial charge in [-0.25, -0.2) is 9.59 Å². The van der Waals surface area contributed by atoms with Crippen LogP contribution in [0.5, 0.6) is 0 Å². The molecule has 2 aliphatic heterocycles. The molecule has 0 aromatic heterocycles. The van der Waals surface area contributed by atoms with Crippen molar-refractivity contribution in [2.24, 2.45) is 5.92 Å².